The molecule has 0 aliphatic carbocycles. The molecule has 0 atom stereocenters. The maximum Gasteiger partial charge on any atom is 0.146 e. The molecule has 2 aromatic carbocycles. The molecule has 17 heavy (non-hydrogen) atoms. The number of nitrogens with two attached hydrogens (primary N) is 1. The Morgan fingerprint density at radius 1 is 0.824 bits per heavy atom. The minimum absolute atomic E-state index is 0.139. The van der Waals surface area contributed by atoms with Crippen LogP contribution in [-0.4, -0.2) is 0 Å². The summed E-state index contributed by atoms with van der Waals surface area (Å²) in [5.74, 6) is -4.08. The first-order valence-electron chi connectivity index (χ1n) is 4.69. The van der Waals surface area contributed by atoms with Crippen molar-refractivity contribution < 1.29 is 17.6 Å². The van der Waals surface area contributed by atoms with Gasteiger partial charge in [-0.3, -0.25) is 0 Å². The summed E-state index contributed by atoms with van der Waals surface area (Å²) in [6.07, 6.45) is 0. The first kappa shape index (κ1) is 11.4. The molecule has 0 aliphatic heterocycles. The van der Waals surface area contributed by atoms with E-state index in [-0.39, 0.29) is 11.3 Å². The van der Waals surface area contributed by atoms with Crippen LogP contribution in [0.2, 0.25) is 0 Å². The van der Waals surface area contributed by atoms with E-state index in [0.29, 0.717) is 12.1 Å². The van der Waals surface area contributed by atoms with Crippen molar-refractivity contribution in [1.82, 2.24) is 0 Å². The third-order valence-corrected chi connectivity index (χ3v) is 2.33. The lowest BCUT2D eigenvalue weighted by molar-refractivity contribution is 0.548. The van der Waals surface area contributed by atoms with Crippen molar-refractivity contribution in [2.24, 2.45) is 0 Å². The number of hydrogen-bond donors (Lipinski definition) is 1. The van der Waals surface area contributed by atoms with Gasteiger partial charge in [-0.05, 0) is 6.07 Å². The average Bonchev–Trinajstić information content (AvgIpc) is 2.23. The Morgan fingerprint density at radius 3 is 2.00 bits per heavy atom. The van der Waals surface area contributed by atoms with E-state index in [2.05, 4.69) is 0 Å². The van der Waals surface area contributed by atoms with Crippen molar-refractivity contribution in [1.29, 1.82) is 0 Å². The van der Waals surface area contributed by atoms with E-state index in [1.807, 2.05) is 0 Å². The van der Waals surface area contributed by atoms with E-state index < -0.39 is 28.8 Å². The van der Waals surface area contributed by atoms with Crippen LogP contribution in [0, 0.1) is 23.3 Å². The van der Waals surface area contributed by atoms with Gasteiger partial charge in [0.15, 0.2) is 0 Å². The highest BCUT2D eigenvalue weighted by Crippen LogP contribution is 2.32. The van der Waals surface area contributed by atoms with Crippen molar-refractivity contribution in [3.63, 3.8) is 0 Å². The predicted molar refractivity (Wildman–Crippen MR) is 56.1 cm³/mol. The van der Waals surface area contributed by atoms with E-state index in [0.717, 1.165) is 6.07 Å². The van der Waals surface area contributed by atoms with E-state index in [4.69, 9.17) is 5.73 Å². The smallest absolute Gasteiger partial charge is 0.146 e. The van der Waals surface area contributed by atoms with Crippen LogP contribution in [0.15, 0.2) is 30.3 Å². The summed E-state index contributed by atoms with van der Waals surface area (Å²) in [6, 6.07) is 4.63. The van der Waals surface area contributed by atoms with Crippen LogP contribution >= 0.6 is 0 Å². The second kappa shape index (κ2) is 4.08. The number of nitrogen functional groups attached to an aromatic ring is 1. The Kier molecular flexibility index (Phi) is 2.75. The fraction of sp³-hybridized carbons (Fsp3) is 0. The maximum atomic E-state index is 13.5. The van der Waals surface area contributed by atoms with Crippen LogP contribution < -0.4 is 5.73 Å². The molecule has 0 aromatic heterocycles. The average molecular weight is 241 g/mol. The van der Waals surface area contributed by atoms with Crippen molar-refractivity contribution in [2.75, 3.05) is 5.73 Å². The first-order valence-corrected chi connectivity index (χ1v) is 4.69. The number of halogens is 4. The minimum Gasteiger partial charge on any atom is -0.396 e. The van der Waals surface area contributed by atoms with E-state index >= 15 is 0 Å². The molecule has 0 bridgehead atoms. The van der Waals surface area contributed by atoms with Crippen molar-refractivity contribution >= 4 is 5.69 Å². The van der Waals surface area contributed by atoms with Crippen LogP contribution in [-0.2, 0) is 0 Å². The largest absolute Gasteiger partial charge is 0.396 e. The molecule has 2 N–H and O–H groups in total. The van der Waals surface area contributed by atoms with Gasteiger partial charge in [0.25, 0.3) is 0 Å². The van der Waals surface area contributed by atoms with Crippen molar-refractivity contribution in [2.45, 2.75) is 0 Å². The Labute approximate surface area is 94.5 Å². The van der Waals surface area contributed by atoms with Gasteiger partial charge in [0, 0.05) is 17.7 Å². The Balaban J connectivity index is 2.73. The summed E-state index contributed by atoms with van der Waals surface area (Å²) in [4.78, 5) is 0. The van der Waals surface area contributed by atoms with E-state index in [9.17, 15) is 17.6 Å². The lowest BCUT2D eigenvalue weighted by atomic mass is 10.0. The van der Waals surface area contributed by atoms with Crippen LogP contribution in [0.3, 0.4) is 0 Å². The van der Waals surface area contributed by atoms with Crippen LogP contribution in [0.25, 0.3) is 11.1 Å². The van der Waals surface area contributed by atoms with Gasteiger partial charge in [0.2, 0.25) is 0 Å². The number of benzene rings is 2. The van der Waals surface area contributed by atoms with Crippen LogP contribution in [0.5, 0.6) is 0 Å². The zero-order chi connectivity index (χ0) is 12.6. The van der Waals surface area contributed by atoms with Gasteiger partial charge in [-0.25, -0.2) is 17.6 Å². The molecule has 0 heterocycles. The summed E-state index contributed by atoms with van der Waals surface area (Å²) in [7, 11) is 0. The lowest BCUT2D eigenvalue weighted by Crippen LogP contribution is -1.98. The van der Waals surface area contributed by atoms with Crippen LogP contribution in [0.1, 0.15) is 0 Å². The zero-order valence-electron chi connectivity index (χ0n) is 8.48. The van der Waals surface area contributed by atoms with Gasteiger partial charge < -0.3 is 5.73 Å². The number of para-hydroxylation sites is 1. The molecule has 0 saturated carbocycles. The number of hydrogen-bond acceptors (Lipinski definition) is 1. The molecule has 0 fully saturated rings. The highest BCUT2D eigenvalue weighted by Gasteiger charge is 2.17. The third kappa shape index (κ3) is 1.95. The number of anilines is 1. The van der Waals surface area contributed by atoms with Gasteiger partial charge in [0.1, 0.15) is 23.3 Å². The highest BCUT2D eigenvalue weighted by molar-refractivity contribution is 5.77. The molecule has 0 saturated heterocycles. The summed E-state index contributed by atoms with van der Waals surface area (Å²) < 4.78 is 52.8. The van der Waals surface area contributed by atoms with E-state index in [1.54, 1.807) is 0 Å². The van der Waals surface area contributed by atoms with Gasteiger partial charge in [-0.1, -0.05) is 12.1 Å². The van der Waals surface area contributed by atoms with E-state index in [1.165, 1.54) is 12.1 Å². The third-order valence-electron chi connectivity index (χ3n) is 2.33. The summed E-state index contributed by atoms with van der Waals surface area (Å²) in [5, 5.41) is 0. The molecule has 1 nitrogen and oxygen atoms in total. The van der Waals surface area contributed by atoms with Gasteiger partial charge in [-0.2, -0.15) is 0 Å². The maximum absolute atomic E-state index is 13.5. The minimum atomic E-state index is -1.13. The Morgan fingerprint density at radius 2 is 1.41 bits per heavy atom. The Hall–Kier alpha value is -2.04. The molecular formula is C12H7F4N. The van der Waals surface area contributed by atoms with Gasteiger partial charge in [0.05, 0.1) is 11.3 Å². The summed E-state index contributed by atoms with van der Waals surface area (Å²) in [5.41, 5.74) is 4.33. The lowest BCUT2D eigenvalue weighted by Gasteiger charge is -2.09. The molecule has 0 unspecified atom stereocenters. The molecule has 2 rings (SSSR count). The summed E-state index contributed by atoms with van der Waals surface area (Å²) in [6.45, 7) is 0. The molecule has 2 aromatic rings. The predicted octanol–water partition coefficient (Wildman–Crippen LogP) is 3.49. The molecule has 0 amide bonds. The van der Waals surface area contributed by atoms with Gasteiger partial charge in [-0.15, -0.1) is 0 Å². The molecular weight excluding hydrogens is 234 g/mol. The second-order valence-corrected chi connectivity index (χ2v) is 3.45. The van der Waals surface area contributed by atoms with Crippen molar-refractivity contribution in [3.05, 3.63) is 53.6 Å². The van der Waals surface area contributed by atoms with Gasteiger partial charge >= 0.3 is 0 Å². The highest BCUT2D eigenvalue weighted by atomic mass is 19.1. The standard InChI is InChI=1S/C12H7F4N/c13-6-4-9(15)11(10(16)5-6)7-2-1-3-8(14)12(7)17/h1-5H,17H2. The zero-order valence-corrected chi connectivity index (χ0v) is 8.48. The van der Waals surface area contributed by atoms with Crippen LogP contribution in [0.4, 0.5) is 23.2 Å². The quantitative estimate of drug-likeness (QED) is 0.600. The molecule has 0 radical (unpaired) electrons. The molecule has 0 spiro atoms. The first-order chi connectivity index (χ1) is 8.00. The summed E-state index contributed by atoms with van der Waals surface area (Å²) >= 11 is 0. The molecule has 0 aliphatic rings. The molecule has 5 heteroatoms. The SMILES string of the molecule is Nc1c(F)cccc1-c1c(F)cc(F)cc1F. The topological polar surface area (TPSA) is 26.0 Å². The normalized spacial score (nSPS) is 10.6. The molecule has 88 valence electrons. The monoisotopic (exact) mass is 241 g/mol. The second-order valence-electron chi connectivity index (χ2n) is 3.45. The number of rotatable bonds is 1. The van der Waals surface area contributed by atoms with Crippen molar-refractivity contribution in [3.8, 4) is 11.1 Å². The Bertz CT molecular complexity index is 558. The fourth-order valence-corrected chi connectivity index (χ4v) is 1.55. The fourth-order valence-electron chi connectivity index (χ4n) is 1.55.